The van der Waals surface area contributed by atoms with Gasteiger partial charge in [0.25, 0.3) is 0 Å². The lowest BCUT2D eigenvalue weighted by molar-refractivity contribution is 0.248. The Morgan fingerprint density at radius 2 is 1.61 bits per heavy atom. The number of piperidine rings is 1. The monoisotopic (exact) mass is 483 g/mol. The fourth-order valence-corrected chi connectivity index (χ4v) is 6.64. The van der Waals surface area contributed by atoms with Crippen molar-refractivity contribution in [2.75, 3.05) is 18.8 Å². The maximum absolute atomic E-state index is 13.0. The van der Waals surface area contributed by atoms with Crippen LogP contribution in [0.15, 0.2) is 64.6 Å². The molecule has 1 saturated heterocycles. The molecule has 0 radical (unpaired) electrons. The standard InChI is InChI=1S/C26H33N3O2S2/c1-5-32-24-23(21-11-13-22(14-12-21)25(2,3)4)27-26(28-24)15-17-29(18-16-26)33(30,31)19-20-9-7-6-8-10-20/h6-14H,5,15-19H2,1-4H3. The van der Waals surface area contributed by atoms with E-state index < -0.39 is 15.7 Å². The van der Waals surface area contributed by atoms with E-state index in [4.69, 9.17) is 9.98 Å². The van der Waals surface area contributed by atoms with Gasteiger partial charge in [-0.25, -0.2) is 17.7 Å². The molecule has 4 rings (SSSR count). The Labute approximate surface area is 202 Å². The summed E-state index contributed by atoms with van der Waals surface area (Å²) in [5, 5.41) is 0.974. The lowest BCUT2D eigenvalue weighted by Gasteiger charge is -2.34. The van der Waals surface area contributed by atoms with Crippen LogP contribution in [-0.2, 0) is 21.2 Å². The van der Waals surface area contributed by atoms with Crippen LogP contribution >= 0.6 is 11.8 Å². The van der Waals surface area contributed by atoms with Crippen LogP contribution in [-0.4, -0.2) is 48.0 Å². The summed E-state index contributed by atoms with van der Waals surface area (Å²) in [4.78, 5) is 10.2. The van der Waals surface area contributed by atoms with Crippen LogP contribution in [0.3, 0.4) is 0 Å². The zero-order valence-corrected chi connectivity index (χ0v) is 21.5. The van der Waals surface area contributed by atoms with Crippen molar-refractivity contribution in [3.63, 3.8) is 0 Å². The average molecular weight is 484 g/mol. The minimum Gasteiger partial charge on any atom is -0.252 e. The third-order valence-corrected chi connectivity index (χ3v) is 8.94. The summed E-state index contributed by atoms with van der Waals surface area (Å²) >= 11 is 1.71. The van der Waals surface area contributed by atoms with Crippen molar-refractivity contribution < 1.29 is 8.42 Å². The normalized spacial score (nSPS) is 18.9. The average Bonchev–Trinajstić information content (AvgIpc) is 3.12. The van der Waals surface area contributed by atoms with E-state index in [1.54, 1.807) is 16.1 Å². The molecule has 1 spiro atoms. The number of aliphatic imine (C=N–C) groups is 2. The summed E-state index contributed by atoms with van der Waals surface area (Å²) in [5.74, 6) is 0.960. The minimum absolute atomic E-state index is 0.0374. The highest BCUT2D eigenvalue weighted by atomic mass is 32.2. The van der Waals surface area contributed by atoms with Gasteiger partial charge in [0.15, 0.2) is 5.66 Å². The van der Waals surface area contributed by atoms with Crippen LogP contribution in [0.1, 0.15) is 57.2 Å². The van der Waals surface area contributed by atoms with Crippen LogP contribution in [0, 0.1) is 0 Å². The van der Waals surface area contributed by atoms with E-state index in [-0.39, 0.29) is 11.2 Å². The van der Waals surface area contributed by atoms with Crippen LogP contribution in [0.4, 0.5) is 0 Å². The Morgan fingerprint density at radius 1 is 0.970 bits per heavy atom. The molecule has 2 aromatic rings. The fraction of sp³-hybridized carbons (Fsp3) is 0.462. The van der Waals surface area contributed by atoms with Crippen molar-refractivity contribution >= 4 is 32.5 Å². The van der Waals surface area contributed by atoms with Crippen LogP contribution in [0.2, 0.25) is 0 Å². The molecule has 1 fully saturated rings. The number of hydrogen-bond donors (Lipinski definition) is 0. The highest BCUT2D eigenvalue weighted by molar-refractivity contribution is 8.15. The zero-order chi connectivity index (χ0) is 23.7. The Morgan fingerprint density at radius 3 is 2.18 bits per heavy atom. The first-order valence-corrected chi connectivity index (χ1v) is 14.2. The Hall–Kier alpha value is -1.96. The quantitative estimate of drug-likeness (QED) is 0.583. The van der Waals surface area contributed by atoms with Crippen molar-refractivity contribution in [2.45, 2.75) is 57.4 Å². The van der Waals surface area contributed by atoms with E-state index in [2.05, 4.69) is 52.0 Å². The van der Waals surface area contributed by atoms with Gasteiger partial charge in [-0.05, 0) is 22.3 Å². The number of nitrogens with zero attached hydrogens (tertiary/aromatic N) is 3. The first-order valence-electron chi connectivity index (χ1n) is 11.6. The predicted octanol–water partition coefficient (Wildman–Crippen LogP) is 5.26. The molecule has 7 heteroatoms. The number of benzene rings is 2. The van der Waals surface area contributed by atoms with Crippen molar-refractivity contribution in [1.29, 1.82) is 0 Å². The second-order valence-corrected chi connectivity index (χ2v) is 13.0. The molecule has 176 valence electrons. The van der Waals surface area contributed by atoms with Crippen LogP contribution < -0.4 is 0 Å². The van der Waals surface area contributed by atoms with Gasteiger partial charge in [-0.1, -0.05) is 82.3 Å². The largest absolute Gasteiger partial charge is 0.252 e. The van der Waals surface area contributed by atoms with Crippen molar-refractivity contribution in [3.8, 4) is 0 Å². The van der Waals surface area contributed by atoms with E-state index in [1.165, 1.54) is 5.56 Å². The lowest BCUT2D eigenvalue weighted by Crippen LogP contribution is -2.44. The fourth-order valence-electron chi connectivity index (χ4n) is 4.30. The van der Waals surface area contributed by atoms with E-state index in [1.807, 2.05) is 30.3 Å². The molecular weight excluding hydrogens is 450 g/mol. The molecule has 2 aliphatic heterocycles. The SMILES string of the molecule is CCSC1=NC2(CCN(S(=O)(=O)Cc3ccccc3)CC2)N=C1c1ccc(C(C)(C)C)cc1. The van der Waals surface area contributed by atoms with E-state index in [0.717, 1.165) is 27.6 Å². The lowest BCUT2D eigenvalue weighted by atomic mass is 9.86. The molecule has 2 heterocycles. The van der Waals surface area contributed by atoms with Gasteiger partial charge >= 0.3 is 0 Å². The highest BCUT2D eigenvalue weighted by Crippen LogP contribution is 2.37. The maximum Gasteiger partial charge on any atom is 0.218 e. The number of hydrogen-bond acceptors (Lipinski definition) is 5. The third-order valence-electron chi connectivity index (χ3n) is 6.25. The minimum atomic E-state index is -3.36. The van der Waals surface area contributed by atoms with E-state index in [0.29, 0.717) is 25.9 Å². The Bertz CT molecular complexity index is 1140. The molecule has 2 aromatic carbocycles. The second-order valence-electron chi connectivity index (χ2n) is 9.76. The van der Waals surface area contributed by atoms with Crippen molar-refractivity contribution in [3.05, 3.63) is 71.3 Å². The van der Waals surface area contributed by atoms with Gasteiger partial charge in [-0.2, -0.15) is 0 Å². The molecule has 2 aliphatic rings. The van der Waals surface area contributed by atoms with Gasteiger partial charge in [0.05, 0.1) is 11.5 Å². The molecule has 0 aliphatic carbocycles. The van der Waals surface area contributed by atoms with Gasteiger partial charge in [-0.3, -0.25) is 4.99 Å². The molecule has 0 aromatic heterocycles. The maximum atomic E-state index is 13.0. The topological polar surface area (TPSA) is 62.1 Å². The molecule has 0 bridgehead atoms. The van der Waals surface area contributed by atoms with Crippen molar-refractivity contribution in [1.82, 2.24) is 4.31 Å². The van der Waals surface area contributed by atoms with Gasteiger partial charge < -0.3 is 0 Å². The predicted molar refractivity (Wildman–Crippen MR) is 140 cm³/mol. The summed E-state index contributed by atoms with van der Waals surface area (Å²) in [6.07, 6.45) is 1.22. The summed E-state index contributed by atoms with van der Waals surface area (Å²) in [5.41, 5.74) is 3.69. The summed E-state index contributed by atoms with van der Waals surface area (Å²) in [6.45, 7) is 9.65. The highest BCUT2D eigenvalue weighted by Gasteiger charge is 2.42. The second kappa shape index (κ2) is 9.35. The zero-order valence-electron chi connectivity index (χ0n) is 19.9. The summed E-state index contributed by atoms with van der Waals surface area (Å²) in [6, 6.07) is 18.0. The first-order chi connectivity index (χ1) is 15.6. The van der Waals surface area contributed by atoms with Crippen LogP contribution in [0.5, 0.6) is 0 Å². The van der Waals surface area contributed by atoms with Gasteiger partial charge in [-0.15, -0.1) is 11.8 Å². The molecule has 0 N–H and O–H groups in total. The summed E-state index contributed by atoms with van der Waals surface area (Å²) < 4.78 is 27.6. The molecule has 0 unspecified atom stereocenters. The Kier molecular flexibility index (Phi) is 6.85. The molecule has 0 saturated carbocycles. The van der Waals surface area contributed by atoms with Gasteiger partial charge in [0.2, 0.25) is 10.0 Å². The number of rotatable bonds is 5. The van der Waals surface area contributed by atoms with E-state index in [9.17, 15) is 8.42 Å². The van der Waals surface area contributed by atoms with Crippen molar-refractivity contribution in [2.24, 2.45) is 9.98 Å². The Balaban J connectivity index is 1.52. The molecule has 0 atom stereocenters. The van der Waals surface area contributed by atoms with Gasteiger partial charge in [0, 0.05) is 31.5 Å². The number of thioether (sulfide) groups is 1. The first kappa shape index (κ1) is 24.2. The molecular formula is C26H33N3O2S2. The van der Waals surface area contributed by atoms with Crippen LogP contribution in [0.25, 0.3) is 0 Å². The smallest absolute Gasteiger partial charge is 0.218 e. The summed E-state index contributed by atoms with van der Waals surface area (Å²) in [7, 11) is -3.36. The molecule has 5 nitrogen and oxygen atoms in total. The van der Waals surface area contributed by atoms with Gasteiger partial charge in [0.1, 0.15) is 5.04 Å². The molecule has 33 heavy (non-hydrogen) atoms. The van der Waals surface area contributed by atoms with E-state index >= 15 is 0 Å². The molecule has 0 amide bonds. The number of sulfonamides is 1. The third kappa shape index (κ3) is 5.42.